The highest BCUT2D eigenvalue weighted by molar-refractivity contribution is 5.81. The maximum Gasteiger partial charge on any atom is 0.116 e. The molecule has 0 amide bonds. The summed E-state index contributed by atoms with van der Waals surface area (Å²) in [4.78, 5) is 0. The lowest BCUT2D eigenvalue weighted by Gasteiger charge is -2.44. The predicted molar refractivity (Wildman–Crippen MR) is 105 cm³/mol. The predicted octanol–water partition coefficient (Wildman–Crippen LogP) is 1.55. The Morgan fingerprint density at radius 2 is 1.37 bits per heavy atom. The maximum atomic E-state index is 9.95. The van der Waals surface area contributed by atoms with E-state index in [0.717, 1.165) is 33.3 Å². The van der Waals surface area contributed by atoms with Gasteiger partial charge in [0.05, 0.1) is 26.2 Å². The quantitative estimate of drug-likeness (QED) is 0.726. The van der Waals surface area contributed by atoms with Crippen molar-refractivity contribution in [3.63, 3.8) is 0 Å². The first-order chi connectivity index (χ1) is 12.4. The van der Waals surface area contributed by atoms with Gasteiger partial charge in [-0.1, -0.05) is 30.3 Å². The molecule has 2 N–H and O–H groups in total. The Balaban J connectivity index is 0.00000210. The zero-order valence-electron chi connectivity index (χ0n) is 16.0. The summed E-state index contributed by atoms with van der Waals surface area (Å²) in [5.74, 6) is 1.09. The van der Waals surface area contributed by atoms with E-state index in [2.05, 4.69) is 20.2 Å². The monoisotopic (exact) mass is 429 g/mol. The largest absolute Gasteiger partial charge is 1.00 e. The average molecular weight is 430 g/mol. The van der Waals surface area contributed by atoms with Crippen LogP contribution < -0.4 is 17.0 Å². The van der Waals surface area contributed by atoms with Gasteiger partial charge in [-0.05, 0) is 46.9 Å². The smallest absolute Gasteiger partial charge is 0.116 e. The van der Waals surface area contributed by atoms with Gasteiger partial charge in [0.25, 0.3) is 0 Å². The third-order valence-corrected chi connectivity index (χ3v) is 6.58. The molecule has 2 aliphatic heterocycles. The Hall–Kier alpha value is -1.78. The minimum atomic E-state index is 0. The van der Waals surface area contributed by atoms with E-state index in [9.17, 15) is 10.2 Å². The third-order valence-electron chi connectivity index (χ3n) is 6.58. The number of allylic oxidation sites excluding steroid dienone is 1. The molecule has 0 spiro atoms. The molecule has 2 heterocycles. The highest BCUT2D eigenvalue weighted by Crippen LogP contribution is 2.44. The Kier molecular flexibility index (Phi) is 5.68. The van der Waals surface area contributed by atoms with Crippen LogP contribution in [-0.4, -0.2) is 40.9 Å². The fraction of sp³-hybridized carbons (Fsp3) is 0.391. The van der Waals surface area contributed by atoms with Gasteiger partial charge < -0.3 is 31.7 Å². The molecule has 3 atom stereocenters. The van der Waals surface area contributed by atoms with Crippen LogP contribution in [-0.2, 0) is 0 Å². The molecule has 27 heavy (non-hydrogen) atoms. The lowest BCUT2D eigenvalue weighted by Crippen LogP contribution is -3.00. The number of nitrogens with zero attached hydrogens (tertiary/aromatic N) is 1. The van der Waals surface area contributed by atoms with Crippen molar-refractivity contribution >= 4 is 5.57 Å². The molecule has 1 unspecified atom stereocenters. The van der Waals surface area contributed by atoms with Gasteiger partial charge in [-0.2, -0.15) is 0 Å². The number of hydrogen-bond acceptors (Lipinski definition) is 2. The molecular formula is C23H28BrNO2. The van der Waals surface area contributed by atoms with E-state index in [1.165, 1.54) is 25.7 Å². The second kappa shape index (κ2) is 7.69. The summed E-state index contributed by atoms with van der Waals surface area (Å²) >= 11 is 0. The summed E-state index contributed by atoms with van der Waals surface area (Å²) in [5.41, 5.74) is 3.11. The van der Waals surface area contributed by atoms with E-state index in [0.29, 0.717) is 5.92 Å². The van der Waals surface area contributed by atoms with Crippen LogP contribution in [0.4, 0.5) is 0 Å². The topological polar surface area (TPSA) is 40.5 Å². The first-order valence-electron chi connectivity index (χ1n) is 9.57. The van der Waals surface area contributed by atoms with Crippen molar-refractivity contribution in [2.75, 3.05) is 14.1 Å². The fourth-order valence-corrected chi connectivity index (χ4v) is 5.00. The SMILES string of the molecule is C[N+]1(C)[C@@H]2CC[C@H]1CC(C=C(c1cccc(O)c1)c1cccc(O)c1)C2.[Br-]. The molecular weight excluding hydrogens is 402 g/mol. The highest BCUT2D eigenvalue weighted by atomic mass is 79.9. The zero-order chi connectivity index (χ0) is 18.3. The van der Waals surface area contributed by atoms with Gasteiger partial charge in [0.2, 0.25) is 0 Å². The molecule has 144 valence electrons. The second-order valence-electron chi connectivity index (χ2n) is 8.43. The summed E-state index contributed by atoms with van der Waals surface area (Å²) in [7, 11) is 4.77. The van der Waals surface area contributed by atoms with Gasteiger partial charge >= 0.3 is 0 Å². The van der Waals surface area contributed by atoms with Crippen LogP contribution in [0.3, 0.4) is 0 Å². The summed E-state index contributed by atoms with van der Waals surface area (Å²) in [6.07, 6.45) is 7.47. The number of benzene rings is 2. The van der Waals surface area contributed by atoms with E-state index in [4.69, 9.17) is 0 Å². The number of quaternary nitrogens is 1. The maximum absolute atomic E-state index is 9.95. The van der Waals surface area contributed by atoms with E-state index >= 15 is 0 Å². The van der Waals surface area contributed by atoms with Gasteiger partial charge in [0, 0.05) is 25.7 Å². The number of fused-ring (bicyclic) bond motifs is 2. The Bertz CT molecular complexity index is 782. The first kappa shape index (κ1) is 20.0. The van der Waals surface area contributed by atoms with E-state index in [1.54, 1.807) is 12.1 Å². The van der Waals surface area contributed by atoms with E-state index < -0.39 is 0 Å². The summed E-state index contributed by atoms with van der Waals surface area (Å²) in [5, 5.41) is 19.9. The van der Waals surface area contributed by atoms with Gasteiger partial charge in [0.1, 0.15) is 11.5 Å². The van der Waals surface area contributed by atoms with Crippen LogP contribution in [0.15, 0.2) is 54.6 Å². The van der Waals surface area contributed by atoms with Gasteiger partial charge in [-0.25, -0.2) is 0 Å². The van der Waals surface area contributed by atoms with Crippen LogP contribution in [0.25, 0.3) is 5.57 Å². The second-order valence-corrected chi connectivity index (χ2v) is 8.43. The number of rotatable bonds is 3. The number of piperidine rings is 1. The summed E-state index contributed by atoms with van der Waals surface area (Å²) in [6.45, 7) is 0. The molecule has 2 aromatic rings. The standard InChI is InChI=1S/C23H27NO2.BrH/c1-24(2)19-9-10-20(24)12-16(11-19)13-23(17-5-3-7-21(25)14-17)18-6-4-8-22(26)15-18;/h3-8,13-16,19-20H,9-12H2,1-2H3,(H-,25,26);1H/t16?,19-,20+;. The Morgan fingerprint density at radius 1 is 0.889 bits per heavy atom. The van der Waals surface area contributed by atoms with Crippen LogP contribution >= 0.6 is 0 Å². The Morgan fingerprint density at radius 3 is 1.81 bits per heavy atom. The molecule has 2 bridgehead atoms. The lowest BCUT2D eigenvalue weighted by molar-refractivity contribution is -0.931. The van der Waals surface area contributed by atoms with E-state index in [1.807, 2.05) is 36.4 Å². The van der Waals surface area contributed by atoms with Crippen LogP contribution in [0.5, 0.6) is 11.5 Å². The van der Waals surface area contributed by atoms with Crippen molar-refractivity contribution in [2.24, 2.45) is 5.92 Å². The molecule has 0 aliphatic carbocycles. The van der Waals surface area contributed by atoms with Crippen molar-refractivity contribution in [3.8, 4) is 11.5 Å². The molecule has 2 aliphatic rings. The molecule has 4 heteroatoms. The number of phenols is 2. The highest BCUT2D eigenvalue weighted by Gasteiger charge is 2.48. The molecule has 0 radical (unpaired) electrons. The molecule has 2 aromatic carbocycles. The molecule has 2 saturated heterocycles. The van der Waals surface area contributed by atoms with Gasteiger partial charge in [-0.3, -0.25) is 0 Å². The van der Waals surface area contributed by atoms with Crippen LogP contribution in [0.2, 0.25) is 0 Å². The molecule has 0 aromatic heterocycles. The number of phenolic OH excluding ortho intramolecular Hbond substituents is 2. The van der Waals surface area contributed by atoms with E-state index in [-0.39, 0.29) is 28.5 Å². The zero-order valence-corrected chi connectivity index (χ0v) is 17.6. The molecule has 0 saturated carbocycles. The van der Waals surface area contributed by atoms with Crippen molar-refractivity contribution in [3.05, 3.63) is 65.7 Å². The van der Waals surface area contributed by atoms with Crippen molar-refractivity contribution in [2.45, 2.75) is 37.8 Å². The van der Waals surface area contributed by atoms with Crippen LogP contribution in [0, 0.1) is 5.92 Å². The fourth-order valence-electron chi connectivity index (χ4n) is 5.00. The van der Waals surface area contributed by atoms with Crippen molar-refractivity contribution in [1.82, 2.24) is 0 Å². The Labute approximate surface area is 172 Å². The average Bonchev–Trinajstić information content (AvgIpc) is 2.77. The summed E-state index contributed by atoms with van der Waals surface area (Å²) < 4.78 is 1.16. The van der Waals surface area contributed by atoms with Crippen molar-refractivity contribution in [1.29, 1.82) is 0 Å². The van der Waals surface area contributed by atoms with Crippen LogP contribution in [0.1, 0.15) is 36.8 Å². The van der Waals surface area contributed by atoms with Gasteiger partial charge in [-0.15, -0.1) is 0 Å². The number of hydrogen-bond donors (Lipinski definition) is 2. The number of halogens is 1. The third kappa shape index (κ3) is 3.92. The number of aromatic hydroxyl groups is 2. The first-order valence-corrected chi connectivity index (χ1v) is 9.57. The van der Waals surface area contributed by atoms with Crippen molar-refractivity contribution < 1.29 is 31.7 Å². The molecule has 4 rings (SSSR count). The van der Waals surface area contributed by atoms with Gasteiger partial charge in [0.15, 0.2) is 0 Å². The lowest BCUT2D eigenvalue weighted by atomic mass is 9.85. The minimum absolute atomic E-state index is 0. The molecule has 3 nitrogen and oxygen atoms in total. The summed E-state index contributed by atoms with van der Waals surface area (Å²) in [6, 6.07) is 16.3. The minimum Gasteiger partial charge on any atom is -1.00 e. The molecule has 2 fully saturated rings. The normalized spacial score (nSPS) is 25.5.